The van der Waals surface area contributed by atoms with E-state index < -0.39 is 0 Å². The fourth-order valence-electron chi connectivity index (χ4n) is 3.06. The number of rotatable bonds is 4. The van der Waals surface area contributed by atoms with E-state index in [2.05, 4.69) is 11.9 Å². The van der Waals surface area contributed by atoms with Crippen molar-refractivity contribution in [3.05, 3.63) is 40.5 Å². The Hall–Kier alpha value is -1.88. The lowest BCUT2D eigenvalue weighted by atomic mass is 9.88. The van der Waals surface area contributed by atoms with Crippen LogP contribution in [0.4, 0.5) is 5.69 Å². The number of allylic oxidation sites excluding steroid dienone is 1. The molecule has 0 saturated heterocycles. The van der Waals surface area contributed by atoms with Gasteiger partial charge in [0.15, 0.2) is 0 Å². The Morgan fingerprint density at radius 1 is 1.36 bits per heavy atom. The van der Waals surface area contributed by atoms with E-state index in [-0.39, 0.29) is 16.7 Å². The Kier molecular flexibility index (Phi) is 4.43. The average molecular weight is 316 g/mol. The molecule has 1 aromatic heterocycles. The van der Waals surface area contributed by atoms with Crippen LogP contribution in [0, 0.1) is 5.92 Å². The van der Waals surface area contributed by atoms with Gasteiger partial charge in [-0.3, -0.25) is 14.2 Å². The Morgan fingerprint density at radius 3 is 2.86 bits per heavy atom. The van der Waals surface area contributed by atoms with E-state index in [4.69, 9.17) is 0 Å². The van der Waals surface area contributed by atoms with Gasteiger partial charge in [0.25, 0.3) is 0 Å². The quantitative estimate of drug-likeness (QED) is 0.873. The third-order valence-electron chi connectivity index (χ3n) is 4.22. The van der Waals surface area contributed by atoms with Gasteiger partial charge in [0.2, 0.25) is 5.91 Å². The second kappa shape index (κ2) is 6.48. The zero-order valence-electron chi connectivity index (χ0n) is 12.5. The number of amides is 1. The van der Waals surface area contributed by atoms with E-state index in [0.29, 0.717) is 6.54 Å². The van der Waals surface area contributed by atoms with Crippen molar-refractivity contribution in [3.63, 3.8) is 0 Å². The van der Waals surface area contributed by atoms with Gasteiger partial charge in [0.1, 0.15) is 0 Å². The lowest BCUT2D eigenvalue weighted by Gasteiger charge is -2.20. The summed E-state index contributed by atoms with van der Waals surface area (Å²) in [5.41, 5.74) is 1.67. The first-order valence-corrected chi connectivity index (χ1v) is 8.56. The first-order chi connectivity index (χ1) is 10.7. The third-order valence-corrected chi connectivity index (χ3v) is 5.17. The predicted molar refractivity (Wildman–Crippen MR) is 91.5 cm³/mol. The highest BCUT2D eigenvalue weighted by Gasteiger charge is 2.21. The van der Waals surface area contributed by atoms with Crippen molar-refractivity contribution < 1.29 is 4.79 Å². The Bertz CT molecular complexity index is 754. The van der Waals surface area contributed by atoms with Crippen molar-refractivity contribution in [2.24, 2.45) is 5.92 Å². The maximum absolute atomic E-state index is 12.3. The molecule has 1 saturated carbocycles. The maximum Gasteiger partial charge on any atom is 0.308 e. The van der Waals surface area contributed by atoms with Crippen LogP contribution in [-0.2, 0) is 11.3 Å². The highest BCUT2D eigenvalue weighted by Crippen LogP contribution is 2.26. The molecule has 2 aromatic rings. The number of nitrogens with one attached hydrogen (secondary N) is 1. The highest BCUT2D eigenvalue weighted by molar-refractivity contribution is 7.16. The molecule has 0 unspecified atom stereocenters. The van der Waals surface area contributed by atoms with Crippen LogP contribution in [0.15, 0.2) is 35.6 Å². The van der Waals surface area contributed by atoms with Gasteiger partial charge in [0.05, 0.1) is 10.2 Å². The third kappa shape index (κ3) is 2.99. The molecule has 5 heteroatoms. The molecule has 1 fully saturated rings. The molecule has 0 atom stereocenters. The summed E-state index contributed by atoms with van der Waals surface area (Å²) < 4.78 is 2.59. The van der Waals surface area contributed by atoms with Gasteiger partial charge in [-0.2, -0.15) is 0 Å². The topological polar surface area (TPSA) is 51.1 Å². The molecule has 0 radical (unpaired) electrons. The fourth-order valence-corrected chi connectivity index (χ4v) is 4.00. The van der Waals surface area contributed by atoms with Crippen LogP contribution in [0.3, 0.4) is 0 Å². The molecule has 22 heavy (non-hydrogen) atoms. The molecule has 1 amide bonds. The number of fused-ring (bicyclic) bond motifs is 1. The zero-order valence-corrected chi connectivity index (χ0v) is 13.3. The number of hydrogen-bond acceptors (Lipinski definition) is 3. The first-order valence-electron chi connectivity index (χ1n) is 7.74. The second-order valence-electron chi connectivity index (χ2n) is 5.77. The predicted octanol–water partition coefficient (Wildman–Crippen LogP) is 3.77. The van der Waals surface area contributed by atoms with E-state index in [1.807, 2.05) is 18.2 Å². The number of carbonyl (C=O) groups excluding carboxylic acids is 1. The number of carbonyl (C=O) groups is 1. The molecule has 0 spiro atoms. The summed E-state index contributed by atoms with van der Waals surface area (Å²) in [4.78, 5) is 24.3. The lowest BCUT2D eigenvalue weighted by molar-refractivity contribution is -0.120. The minimum Gasteiger partial charge on any atom is -0.326 e. The monoisotopic (exact) mass is 316 g/mol. The standard InChI is InChI=1S/C17H20N2O2S/c1-2-10-19-14-9-8-13(11-15(14)22-17(19)21)18-16(20)12-6-4-3-5-7-12/h2,8-9,11-12H,1,3-7,10H2,(H,18,20). The minimum atomic E-state index is 0.00524. The van der Waals surface area contributed by atoms with Crippen LogP contribution in [0.25, 0.3) is 10.2 Å². The van der Waals surface area contributed by atoms with Crippen molar-refractivity contribution in [3.8, 4) is 0 Å². The average Bonchev–Trinajstić information content (AvgIpc) is 2.84. The SMILES string of the molecule is C=CCn1c(=O)sc2cc(NC(=O)C3CCCCC3)ccc21. The number of thiazole rings is 1. The van der Waals surface area contributed by atoms with E-state index in [9.17, 15) is 9.59 Å². The largest absolute Gasteiger partial charge is 0.326 e. The molecule has 0 aliphatic heterocycles. The van der Waals surface area contributed by atoms with Crippen molar-refractivity contribution in [2.45, 2.75) is 38.6 Å². The summed E-state index contributed by atoms with van der Waals surface area (Å²) in [6.45, 7) is 4.19. The first kappa shape index (κ1) is 15.0. The summed E-state index contributed by atoms with van der Waals surface area (Å²) in [6, 6.07) is 5.66. The summed E-state index contributed by atoms with van der Waals surface area (Å²) >= 11 is 1.20. The molecule has 1 aromatic carbocycles. The molecule has 1 aliphatic carbocycles. The van der Waals surface area contributed by atoms with Crippen molar-refractivity contribution in [1.29, 1.82) is 0 Å². The molecule has 1 N–H and O–H groups in total. The van der Waals surface area contributed by atoms with E-state index in [0.717, 1.165) is 41.6 Å². The van der Waals surface area contributed by atoms with Gasteiger partial charge in [-0.05, 0) is 31.0 Å². The number of anilines is 1. The highest BCUT2D eigenvalue weighted by atomic mass is 32.1. The second-order valence-corrected chi connectivity index (χ2v) is 6.77. The molecule has 116 valence electrons. The van der Waals surface area contributed by atoms with E-state index in [1.165, 1.54) is 17.8 Å². The Balaban J connectivity index is 1.81. The molecule has 0 bridgehead atoms. The lowest BCUT2D eigenvalue weighted by Crippen LogP contribution is -2.24. The summed E-state index contributed by atoms with van der Waals surface area (Å²) in [6.07, 6.45) is 7.20. The minimum absolute atomic E-state index is 0.00524. The van der Waals surface area contributed by atoms with Crippen LogP contribution in [0.5, 0.6) is 0 Å². The zero-order chi connectivity index (χ0) is 15.5. The van der Waals surface area contributed by atoms with Gasteiger partial charge in [0, 0.05) is 18.2 Å². The number of aromatic nitrogens is 1. The van der Waals surface area contributed by atoms with Gasteiger partial charge >= 0.3 is 4.87 Å². The molecule has 1 aliphatic rings. The van der Waals surface area contributed by atoms with Gasteiger partial charge < -0.3 is 5.32 Å². The Morgan fingerprint density at radius 2 is 2.14 bits per heavy atom. The summed E-state index contributed by atoms with van der Waals surface area (Å²) in [5.74, 6) is 0.241. The van der Waals surface area contributed by atoms with Crippen LogP contribution in [-0.4, -0.2) is 10.5 Å². The van der Waals surface area contributed by atoms with Crippen LogP contribution < -0.4 is 10.2 Å². The van der Waals surface area contributed by atoms with Gasteiger partial charge in [-0.1, -0.05) is 36.7 Å². The van der Waals surface area contributed by atoms with Gasteiger partial charge in [-0.15, -0.1) is 6.58 Å². The van der Waals surface area contributed by atoms with Crippen molar-refractivity contribution >= 4 is 33.1 Å². The van der Waals surface area contributed by atoms with E-state index in [1.54, 1.807) is 10.6 Å². The van der Waals surface area contributed by atoms with Crippen LogP contribution in [0.2, 0.25) is 0 Å². The molecule has 1 heterocycles. The Labute approximate surface area is 133 Å². The molecule has 3 rings (SSSR count). The van der Waals surface area contributed by atoms with Crippen molar-refractivity contribution in [2.75, 3.05) is 5.32 Å². The normalized spacial score (nSPS) is 15.8. The van der Waals surface area contributed by atoms with Crippen molar-refractivity contribution in [1.82, 2.24) is 4.57 Å². The maximum atomic E-state index is 12.3. The summed E-state index contributed by atoms with van der Waals surface area (Å²) in [5, 5.41) is 3.00. The molecular weight excluding hydrogens is 296 g/mol. The fraction of sp³-hybridized carbons (Fsp3) is 0.412. The van der Waals surface area contributed by atoms with Crippen LogP contribution >= 0.6 is 11.3 Å². The molecule has 4 nitrogen and oxygen atoms in total. The molecular formula is C17H20N2O2S. The van der Waals surface area contributed by atoms with Crippen LogP contribution in [0.1, 0.15) is 32.1 Å². The van der Waals surface area contributed by atoms with E-state index >= 15 is 0 Å². The number of nitrogens with zero attached hydrogens (tertiary/aromatic N) is 1. The number of benzene rings is 1. The smallest absolute Gasteiger partial charge is 0.308 e. The number of hydrogen-bond donors (Lipinski definition) is 1. The summed E-state index contributed by atoms with van der Waals surface area (Å²) in [7, 11) is 0. The van der Waals surface area contributed by atoms with Gasteiger partial charge in [-0.25, -0.2) is 0 Å².